The van der Waals surface area contributed by atoms with Gasteiger partial charge in [0, 0.05) is 11.2 Å². The number of hydrogen-bond donors (Lipinski definition) is 0. The summed E-state index contributed by atoms with van der Waals surface area (Å²) in [5.74, 6) is 0.782. The van der Waals surface area contributed by atoms with E-state index >= 15 is 0 Å². The van der Waals surface area contributed by atoms with Crippen LogP contribution >= 0.6 is 23.2 Å². The first-order valence-corrected chi connectivity index (χ1v) is 5.93. The number of hydrogen-bond acceptors (Lipinski definition) is 3. The standard InChI is InChI=1S/C12H10Cl2N2O/c13-5-11-6-15-7-12(16-11)17-8-9-2-1-3-10(14)4-9/h1-4,6-7H,5,8H2. The van der Waals surface area contributed by atoms with Gasteiger partial charge in [0.05, 0.1) is 17.8 Å². The summed E-state index contributed by atoms with van der Waals surface area (Å²) in [5, 5.41) is 0.687. The zero-order valence-electron chi connectivity index (χ0n) is 8.94. The van der Waals surface area contributed by atoms with Gasteiger partial charge in [-0.15, -0.1) is 11.6 Å². The summed E-state index contributed by atoms with van der Waals surface area (Å²) in [6.07, 6.45) is 3.17. The summed E-state index contributed by atoms with van der Waals surface area (Å²) in [6, 6.07) is 7.48. The van der Waals surface area contributed by atoms with E-state index in [1.54, 1.807) is 12.4 Å². The van der Waals surface area contributed by atoms with Crippen molar-refractivity contribution >= 4 is 23.2 Å². The molecule has 0 saturated carbocycles. The van der Waals surface area contributed by atoms with Crippen molar-refractivity contribution in [3.8, 4) is 5.88 Å². The van der Waals surface area contributed by atoms with Crippen molar-refractivity contribution in [1.82, 2.24) is 9.97 Å². The van der Waals surface area contributed by atoms with E-state index in [0.29, 0.717) is 29.1 Å². The minimum absolute atomic E-state index is 0.321. The van der Waals surface area contributed by atoms with Crippen LogP contribution in [0.2, 0.25) is 5.02 Å². The SMILES string of the molecule is ClCc1cncc(OCc2cccc(Cl)c2)n1. The zero-order valence-corrected chi connectivity index (χ0v) is 10.4. The largest absolute Gasteiger partial charge is 0.472 e. The number of halogens is 2. The van der Waals surface area contributed by atoms with Gasteiger partial charge in [-0.05, 0) is 17.7 Å². The summed E-state index contributed by atoms with van der Waals surface area (Å²) >= 11 is 11.5. The number of nitrogens with zero attached hydrogens (tertiary/aromatic N) is 2. The fourth-order valence-corrected chi connectivity index (χ4v) is 1.65. The Bertz CT molecular complexity index is 505. The second-order valence-corrected chi connectivity index (χ2v) is 4.10. The maximum atomic E-state index is 5.87. The van der Waals surface area contributed by atoms with Gasteiger partial charge in [0.15, 0.2) is 0 Å². The molecule has 0 amide bonds. The second-order valence-electron chi connectivity index (χ2n) is 3.40. The van der Waals surface area contributed by atoms with E-state index in [1.165, 1.54) is 0 Å². The predicted molar refractivity (Wildman–Crippen MR) is 67.4 cm³/mol. The van der Waals surface area contributed by atoms with Gasteiger partial charge >= 0.3 is 0 Å². The molecule has 5 heteroatoms. The topological polar surface area (TPSA) is 35.0 Å². The van der Waals surface area contributed by atoms with Crippen molar-refractivity contribution < 1.29 is 4.74 Å². The molecule has 1 aromatic heterocycles. The lowest BCUT2D eigenvalue weighted by atomic mass is 10.2. The van der Waals surface area contributed by atoms with Crippen LogP contribution in [0, 0.1) is 0 Å². The van der Waals surface area contributed by atoms with E-state index in [9.17, 15) is 0 Å². The molecule has 2 rings (SSSR count). The van der Waals surface area contributed by atoms with Crippen molar-refractivity contribution in [3.63, 3.8) is 0 Å². The molecule has 0 spiro atoms. The molecule has 2 aromatic rings. The van der Waals surface area contributed by atoms with Crippen molar-refractivity contribution in [3.05, 3.63) is 52.9 Å². The molecule has 0 saturated heterocycles. The highest BCUT2D eigenvalue weighted by Crippen LogP contribution is 2.13. The summed E-state index contributed by atoms with van der Waals surface area (Å²) < 4.78 is 5.50. The van der Waals surface area contributed by atoms with E-state index in [0.717, 1.165) is 5.56 Å². The minimum atomic E-state index is 0.321. The van der Waals surface area contributed by atoms with Gasteiger partial charge in [0.25, 0.3) is 0 Å². The second kappa shape index (κ2) is 5.84. The fourth-order valence-electron chi connectivity index (χ4n) is 1.30. The van der Waals surface area contributed by atoms with Gasteiger partial charge in [-0.2, -0.15) is 0 Å². The third kappa shape index (κ3) is 3.58. The highest BCUT2D eigenvalue weighted by atomic mass is 35.5. The summed E-state index contributed by atoms with van der Waals surface area (Å²) in [4.78, 5) is 8.17. The van der Waals surface area contributed by atoms with Crippen LogP contribution in [0.1, 0.15) is 11.3 Å². The number of ether oxygens (including phenoxy) is 1. The molecule has 1 aromatic carbocycles. The van der Waals surface area contributed by atoms with Gasteiger partial charge < -0.3 is 4.74 Å². The first-order chi connectivity index (χ1) is 8.28. The maximum absolute atomic E-state index is 5.87. The van der Waals surface area contributed by atoms with E-state index in [1.807, 2.05) is 24.3 Å². The third-order valence-electron chi connectivity index (χ3n) is 2.07. The predicted octanol–water partition coefficient (Wildman–Crippen LogP) is 3.45. The van der Waals surface area contributed by atoms with Crippen LogP contribution in [0.3, 0.4) is 0 Å². The number of aromatic nitrogens is 2. The van der Waals surface area contributed by atoms with Crippen molar-refractivity contribution in [2.45, 2.75) is 12.5 Å². The molecule has 3 nitrogen and oxygen atoms in total. The van der Waals surface area contributed by atoms with Gasteiger partial charge in [-0.3, -0.25) is 4.98 Å². The third-order valence-corrected chi connectivity index (χ3v) is 2.58. The maximum Gasteiger partial charge on any atom is 0.232 e. The first-order valence-electron chi connectivity index (χ1n) is 5.02. The number of benzene rings is 1. The number of alkyl halides is 1. The molecule has 0 aliphatic carbocycles. The van der Waals surface area contributed by atoms with Crippen LogP contribution in [0.25, 0.3) is 0 Å². The van der Waals surface area contributed by atoms with Crippen molar-refractivity contribution in [1.29, 1.82) is 0 Å². The highest BCUT2D eigenvalue weighted by Gasteiger charge is 2.00. The lowest BCUT2D eigenvalue weighted by Gasteiger charge is -2.05. The molecule has 0 radical (unpaired) electrons. The van der Waals surface area contributed by atoms with Crippen LogP contribution < -0.4 is 4.74 Å². The van der Waals surface area contributed by atoms with Crippen molar-refractivity contribution in [2.75, 3.05) is 0 Å². The lowest BCUT2D eigenvalue weighted by molar-refractivity contribution is 0.292. The molecule has 0 atom stereocenters. The Balaban J connectivity index is 2.02. The Hall–Kier alpha value is -1.32. The zero-order chi connectivity index (χ0) is 12.1. The molecule has 17 heavy (non-hydrogen) atoms. The molecular weight excluding hydrogens is 259 g/mol. The van der Waals surface area contributed by atoms with Gasteiger partial charge in [0.1, 0.15) is 6.61 Å². The molecule has 0 N–H and O–H groups in total. The molecule has 0 bridgehead atoms. The number of rotatable bonds is 4. The summed E-state index contributed by atoms with van der Waals surface area (Å²) in [7, 11) is 0. The lowest BCUT2D eigenvalue weighted by Crippen LogP contribution is -1.99. The van der Waals surface area contributed by atoms with Crippen LogP contribution in [-0.2, 0) is 12.5 Å². The average molecular weight is 269 g/mol. The Labute approximate surface area is 109 Å². The average Bonchev–Trinajstić information content (AvgIpc) is 2.37. The monoisotopic (exact) mass is 268 g/mol. The molecule has 88 valence electrons. The molecule has 0 fully saturated rings. The molecule has 1 heterocycles. The molecule has 0 unspecified atom stereocenters. The summed E-state index contributed by atoms with van der Waals surface area (Å²) in [5.41, 5.74) is 1.67. The van der Waals surface area contributed by atoms with Gasteiger partial charge in [0.2, 0.25) is 5.88 Å². The van der Waals surface area contributed by atoms with Crippen LogP contribution in [0.4, 0.5) is 0 Å². The van der Waals surface area contributed by atoms with Crippen molar-refractivity contribution in [2.24, 2.45) is 0 Å². The van der Waals surface area contributed by atoms with E-state index < -0.39 is 0 Å². The van der Waals surface area contributed by atoms with Crippen LogP contribution in [0.15, 0.2) is 36.7 Å². The van der Waals surface area contributed by atoms with E-state index in [2.05, 4.69) is 9.97 Å². The Kier molecular flexibility index (Phi) is 4.18. The van der Waals surface area contributed by atoms with Gasteiger partial charge in [-0.1, -0.05) is 23.7 Å². The van der Waals surface area contributed by atoms with Crippen LogP contribution in [-0.4, -0.2) is 9.97 Å². The van der Waals surface area contributed by atoms with Gasteiger partial charge in [-0.25, -0.2) is 4.98 Å². The normalized spacial score (nSPS) is 10.2. The fraction of sp³-hybridized carbons (Fsp3) is 0.167. The Morgan fingerprint density at radius 3 is 2.88 bits per heavy atom. The van der Waals surface area contributed by atoms with E-state index in [4.69, 9.17) is 27.9 Å². The molecular formula is C12H10Cl2N2O. The van der Waals surface area contributed by atoms with Crippen LogP contribution in [0.5, 0.6) is 5.88 Å². The molecule has 0 aliphatic rings. The van der Waals surface area contributed by atoms with E-state index in [-0.39, 0.29) is 0 Å². The molecule has 0 aliphatic heterocycles. The smallest absolute Gasteiger partial charge is 0.232 e. The Morgan fingerprint density at radius 1 is 1.24 bits per heavy atom. The highest BCUT2D eigenvalue weighted by molar-refractivity contribution is 6.30. The quantitative estimate of drug-likeness (QED) is 0.797. The first kappa shape index (κ1) is 12.1. The summed E-state index contributed by atoms with van der Waals surface area (Å²) in [6.45, 7) is 0.404. The minimum Gasteiger partial charge on any atom is -0.472 e. The Morgan fingerprint density at radius 2 is 2.12 bits per heavy atom.